The molecule has 1 aliphatic rings. The number of aromatic nitrogens is 2. The highest BCUT2D eigenvalue weighted by Crippen LogP contribution is 2.32. The molecule has 3 N–H and O–H groups in total. The molecule has 1 aromatic heterocycles. The monoisotopic (exact) mass is 256 g/mol. The smallest absolute Gasteiger partial charge is 0.329 e. The zero-order valence-electron chi connectivity index (χ0n) is 9.19. The zero-order valence-corrected chi connectivity index (χ0v) is 10.0. The Hall–Kier alpha value is -1.70. The van der Waals surface area contributed by atoms with Crippen molar-refractivity contribution < 1.29 is 14.7 Å². The minimum absolute atomic E-state index is 0.361. The molecule has 7 nitrogen and oxygen atoms in total. The second-order valence-corrected chi connectivity index (χ2v) is 4.72. The van der Waals surface area contributed by atoms with Gasteiger partial charge in [0, 0.05) is 11.5 Å². The van der Waals surface area contributed by atoms with E-state index < -0.39 is 17.5 Å². The molecule has 17 heavy (non-hydrogen) atoms. The number of carboxylic acids is 1. The third kappa shape index (κ3) is 2.36. The first-order valence-corrected chi connectivity index (χ1v) is 5.92. The van der Waals surface area contributed by atoms with Crippen LogP contribution < -0.4 is 10.6 Å². The fraction of sp³-hybridized carbons (Fsp3) is 0.556. The highest BCUT2D eigenvalue weighted by molar-refractivity contribution is 7.09. The number of anilines is 1. The lowest BCUT2D eigenvalue weighted by Gasteiger charge is -2.37. The number of carbonyl (C=O) groups excluding carboxylic acids is 1. The number of aliphatic carboxylic acids is 1. The Morgan fingerprint density at radius 2 is 2.18 bits per heavy atom. The minimum Gasteiger partial charge on any atom is -0.480 e. The number of urea groups is 1. The fourth-order valence-corrected chi connectivity index (χ4v) is 2.19. The van der Waals surface area contributed by atoms with Crippen LogP contribution in [0.3, 0.4) is 0 Å². The summed E-state index contributed by atoms with van der Waals surface area (Å²) in [5.41, 5.74) is -1.11. The van der Waals surface area contributed by atoms with E-state index in [0.717, 1.165) is 18.0 Å². The van der Waals surface area contributed by atoms with Crippen LogP contribution in [0.25, 0.3) is 0 Å². The molecule has 1 saturated carbocycles. The summed E-state index contributed by atoms with van der Waals surface area (Å²) in [6.45, 7) is 1.71. The van der Waals surface area contributed by atoms with Gasteiger partial charge in [-0.05, 0) is 26.2 Å². The van der Waals surface area contributed by atoms with Crippen LogP contribution in [-0.4, -0.2) is 32.0 Å². The van der Waals surface area contributed by atoms with Crippen molar-refractivity contribution in [2.24, 2.45) is 0 Å². The molecule has 1 heterocycles. The molecular formula is C9H12N4O3S. The summed E-state index contributed by atoms with van der Waals surface area (Å²) < 4.78 is 3.91. The summed E-state index contributed by atoms with van der Waals surface area (Å²) in [4.78, 5) is 26.6. The van der Waals surface area contributed by atoms with E-state index in [1.807, 2.05) is 0 Å². The maximum absolute atomic E-state index is 11.6. The van der Waals surface area contributed by atoms with Gasteiger partial charge in [0.05, 0.1) is 0 Å². The number of hydrogen-bond donors (Lipinski definition) is 3. The highest BCUT2D eigenvalue weighted by atomic mass is 32.1. The molecule has 0 spiro atoms. The van der Waals surface area contributed by atoms with Crippen molar-refractivity contribution in [1.82, 2.24) is 14.7 Å². The number of hydrogen-bond acceptors (Lipinski definition) is 5. The lowest BCUT2D eigenvalue weighted by Crippen LogP contribution is -2.60. The van der Waals surface area contributed by atoms with Gasteiger partial charge in [-0.1, -0.05) is 0 Å². The largest absolute Gasteiger partial charge is 0.480 e. The molecule has 1 fully saturated rings. The molecule has 2 amide bonds. The Kier molecular flexibility index (Phi) is 2.97. The summed E-state index contributed by atoms with van der Waals surface area (Å²) in [6, 6.07) is -0.553. The van der Waals surface area contributed by atoms with Crippen molar-refractivity contribution >= 4 is 28.7 Å². The summed E-state index contributed by atoms with van der Waals surface area (Å²) in [6.07, 6.45) is 1.74. The topological polar surface area (TPSA) is 104 Å². The van der Waals surface area contributed by atoms with Gasteiger partial charge < -0.3 is 10.4 Å². The van der Waals surface area contributed by atoms with Crippen LogP contribution in [0.1, 0.15) is 25.1 Å². The average Bonchev–Trinajstić information content (AvgIpc) is 2.57. The Morgan fingerprint density at radius 3 is 2.59 bits per heavy atom. The molecule has 0 saturated heterocycles. The van der Waals surface area contributed by atoms with Crippen molar-refractivity contribution in [3.05, 3.63) is 5.82 Å². The Balaban J connectivity index is 1.95. The number of aryl methyl sites for hydroxylation is 1. The Bertz CT molecular complexity index is 455. The van der Waals surface area contributed by atoms with Gasteiger partial charge in [-0.25, -0.2) is 14.6 Å². The predicted molar refractivity (Wildman–Crippen MR) is 61.0 cm³/mol. The SMILES string of the molecule is Cc1nsc(NC(=O)NC2(C(=O)O)CCC2)n1. The molecule has 0 bridgehead atoms. The molecule has 8 heteroatoms. The van der Waals surface area contributed by atoms with Crippen molar-refractivity contribution in [3.63, 3.8) is 0 Å². The molecule has 0 atom stereocenters. The number of rotatable bonds is 3. The van der Waals surface area contributed by atoms with Gasteiger partial charge in [0.15, 0.2) is 0 Å². The first-order chi connectivity index (χ1) is 8.02. The third-order valence-corrected chi connectivity index (χ3v) is 3.44. The van der Waals surface area contributed by atoms with Gasteiger partial charge in [-0.3, -0.25) is 5.32 Å². The molecule has 0 radical (unpaired) electrons. The molecule has 2 rings (SSSR count). The summed E-state index contributed by atoms with van der Waals surface area (Å²) in [5.74, 6) is -0.422. The normalized spacial score (nSPS) is 17.0. The van der Waals surface area contributed by atoms with E-state index in [1.165, 1.54) is 0 Å². The Labute approximate surface area is 101 Å². The number of nitrogens with one attached hydrogen (secondary N) is 2. The quantitative estimate of drug-likeness (QED) is 0.747. The van der Waals surface area contributed by atoms with E-state index in [0.29, 0.717) is 23.8 Å². The van der Waals surface area contributed by atoms with E-state index in [4.69, 9.17) is 5.11 Å². The Morgan fingerprint density at radius 1 is 1.47 bits per heavy atom. The van der Waals surface area contributed by atoms with E-state index in [1.54, 1.807) is 6.92 Å². The van der Waals surface area contributed by atoms with Gasteiger partial charge in [0.25, 0.3) is 0 Å². The van der Waals surface area contributed by atoms with E-state index >= 15 is 0 Å². The molecule has 1 aliphatic carbocycles. The van der Waals surface area contributed by atoms with Gasteiger partial charge in [0.1, 0.15) is 11.4 Å². The molecule has 1 aromatic rings. The van der Waals surface area contributed by atoms with E-state index in [9.17, 15) is 9.59 Å². The molecule has 0 unspecified atom stereocenters. The number of amides is 2. The number of carboxylic acid groups (broad SMARTS) is 1. The first kappa shape index (κ1) is 11.8. The zero-order chi connectivity index (χ0) is 12.5. The van der Waals surface area contributed by atoms with Crippen LogP contribution in [0.2, 0.25) is 0 Å². The summed E-state index contributed by atoms with van der Waals surface area (Å²) >= 11 is 1.06. The number of nitrogens with zero attached hydrogens (tertiary/aromatic N) is 2. The third-order valence-electron chi connectivity index (χ3n) is 2.72. The van der Waals surface area contributed by atoms with Crippen molar-refractivity contribution in [2.75, 3.05) is 5.32 Å². The maximum Gasteiger partial charge on any atom is 0.329 e. The molecule has 0 aliphatic heterocycles. The van der Waals surface area contributed by atoms with Crippen molar-refractivity contribution in [1.29, 1.82) is 0 Å². The second-order valence-electron chi connectivity index (χ2n) is 3.97. The first-order valence-electron chi connectivity index (χ1n) is 5.15. The van der Waals surface area contributed by atoms with Crippen LogP contribution in [0.4, 0.5) is 9.93 Å². The highest BCUT2D eigenvalue weighted by Gasteiger charge is 2.45. The van der Waals surface area contributed by atoms with Crippen molar-refractivity contribution in [2.45, 2.75) is 31.7 Å². The van der Waals surface area contributed by atoms with Crippen LogP contribution >= 0.6 is 11.5 Å². The van der Waals surface area contributed by atoms with Gasteiger partial charge in [-0.15, -0.1) is 0 Å². The van der Waals surface area contributed by atoms with E-state index in [2.05, 4.69) is 20.0 Å². The fourth-order valence-electron chi connectivity index (χ4n) is 1.62. The summed E-state index contributed by atoms with van der Waals surface area (Å²) in [5, 5.41) is 14.3. The predicted octanol–water partition coefficient (Wildman–Crippen LogP) is 0.975. The molecule has 92 valence electrons. The van der Waals surface area contributed by atoms with Crippen LogP contribution in [0.15, 0.2) is 0 Å². The minimum atomic E-state index is -1.11. The van der Waals surface area contributed by atoms with Gasteiger partial charge in [0.2, 0.25) is 5.13 Å². The number of carbonyl (C=O) groups is 2. The molecular weight excluding hydrogens is 244 g/mol. The van der Waals surface area contributed by atoms with Gasteiger partial charge in [-0.2, -0.15) is 4.37 Å². The lowest BCUT2D eigenvalue weighted by atomic mass is 9.77. The van der Waals surface area contributed by atoms with Gasteiger partial charge >= 0.3 is 12.0 Å². The van der Waals surface area contributed by atoms with Crippen LogP contribution in [-0.2, 0) is 4.79 Å². The lowest BCUT2D eigenvalue weighted by molar-refractivity contribution is -0.148. The maximum atomic E-state index is 11.6. The average molecular weight is 256 g/mol. The molecule has 0 aromatic carbocycles. The summed E-state index contributed by atoms with van der Waals surface area (Å²) in [7, 11) is 0. The standard InChI is InChI=1S/C9H12N4O3S/c1-5-10-8(17-13-5)11-7(16)12-9(6(14)15)3-2-4-9/h2-4H2,1H3,(H,14,15)(H2,10,11,12,13,16). The van der Waals surface area contributed by atoms with Crippen molar-refractivity contribution in [3.8, 4) is 0 Å². The second kappa shape index (κ2) is 4.28. The van der Waals surface area contributed by atoms with E-state index in [-0.39, 0.29) is 0 Å². The van der Waals surface area contributed by atoms with Crippen LogP contribution in [0.5, 0.6) is 0 Å². The van der Waals surface area contributed by atoms with Crippen LogP contribution in [0, 0.1) is 6.92 Å².